The fourth-order valence-electron chi connectivity index (χ4n) is 1.98. The molecule has 1 saturated heterocycles. The van der Waals surface area contributed by atoms with Crippen molar-refractivity contribution >= 4 is 29.3 Å². The van der Waals surface area contributed by atoms with Gasteiger partial charge >= 0.3 is 0 Å². The average Bonchev–Trinajstić information content (AvgIpc) is 2.75. The number of nitrogens with one attached hydrogen (secondary N) is 1. The minimum atomic E-state index is -0.194. The van der Waals surface area contributed by atoms with Crippen LogP contribution in [0.5, 0.6) is 0 Å². The number of carbonyl (C=O) groups is 3. The summed E-state index contributed by atoms with van der Waals surface area (Å²) in [5.74, 6) is -0.576. The molecule has 3 amide bonds. The molecule has 1 aliphatic rings. The highest BCUT2D eigenvalue weighted by atomic mass is 35.5. The average molecular weight is 295 g/mol. The van der Waals surface area contributed by atoms with E-state index >= 15 is 0 Å². The molecule has 0 radical (unpaired) electrons. The summed E-state index contributed by atoms with van der Waals surface area (Å²) >= 11 is 5.77. The number of benzene rings is 1. The Hall–Kier alpha value is -1.88. The first-order chi connectivity index (χ1) is 9.56. The lowest BCUT2D eigenvalue weighted by molar-refractivity contribution is -0.138. The summed E-state index contributed by atoms with van der Waals surface area (Å²) in [5, 5.41) is 3.39. The second-order valence-electron chi connectivity index (χ2n) is 4.59. The molecule has 1 N–H and O–H groups in total. The van der Waals surface area contributed by atoms with Crippen LogP contribution in [0.2, 0.25) is 5.02 Å². The molecule has 5 nitrogen and oxygen atoms in total. The van der Waals surface area contributed by atoms with Gasteiger partial charge in [-0.1, -0.05) is 23.7 Å². The number of hydrogen-bond acceptors (Lipinski definition) is 3. The van der Waals surface area contributed by atoms with E-state index in [9.17, 15) is 14.4 Å². The van der Waals surface area contributed by atoms with Crippen LogP contribution in [0.25, 0.3) is 0 Å². The van der Waals surface area contributed by atoms with E-state index in [1.807, 2.05) is 12.1 Å². The normalized spacial score (nSPS) is 14.8. The zero-order valence-electron chi connectivity index (χ0n) is 10.9. The summed E-state index contributed by atoms with van der Waals surface area (Å²) in [7, 11) is 0. The minimum Gasteiger partial charge on any atom is -0.352 e. The predicted molar refractivity (Wildman–Crippen MR) is 73.9 cm³/mol. The van der Waals surface area contributed by atoms with Crippen LogP contribution in [0.15, 0.2) is 24.3 Å². The van der Waals surface area contributed by atoms with Gasteiger partial charge in [0.05, 0.1) is 0 Å². The van der Waals surface area contributed by atoms with Crippen LogP contribution in [0.4, 0.5) is 0 Å². The molecule has 0 aromatic heterocycles. The van der Waals surface area contributed by atoms with E-state index < -0.39 is 0 Å². The second kappa shape index (κ2) is 6.52. The summed E-state index contributed by atoms with van der Waals surface area (Å²) < 4.78 is 0. The van der Waals surface area contributed by atoms with Crippen molar-refractivity contribution in [2.45, 2.75) is 25.8 Å². The van der Waals surface area contributed by atoms with Crippen molar-refractivity contribution in [3.8, 4) is 0 Å². The van der Waals surface area contributed by atoms with Crippen LogP contribution in [-0.4, -0.2) is 29.2 Å². The maximum Gasteiger partial charge on any atom is 0.229 e. The lowest BCUT2D eigenvalue weighted by Gasteiger charge is -2.13. The molecular weight excluding hydrogens is 280 g/mol. The van der Waals surface area contributed by atoms with E-state index in [1.54, 1.807) is 12.1 Å². The Morgan fingerprint density at radius 3 is 2.35 bits per heavy atom. The van der Waals surface area contributed by atoms with Gasteiger partial charge in [-0.05, 0) is 17.7 Å². The van der Waals surface area contributed by atoms with Crippen molar-refractivity contribution in [1.29, 1.82) is 0 Å². The Bertz CT molecular complexity index is 512. The highest BCUT2D eigenvalue weighted by Crippen LogP contribution is 2.12. The Kier molecular flexibility index (Phi) is 4.74. The largest absolute Gasteiger partial charge is 0.352 e. The summed E-state index contributed by atoms with van der Waals surface area (Å²) in [5.41, 5.74) is 0.941. The number of nitrogens with zero attached hydrogens (tertiary/aromatic N) is 1. The maximum atomic E-state index is 11.7. The fraction of sp³-hybridized carbons (Fsp3) is 0.357. The van der Waals surface area contributed by atoms with Gasteiger partial charge in [0.15, 0.2) is 0 Å². The molecule has 1 fully saturated rings. The zero-order chi connectivity index (χ0) is 14.5. The molecular formula is C14H15ClN2O3. The Morgan fingerprint density at radius 1 is 1.15 bits per heavy atom. The number of rotatable bonds is 5. The molecule has 0 bridgehead atoms. The van der Waals surface area contributed by atoms with Crippen molar-refractivity contribution < 1.29 is 14.4 Å². The Labute approximate surface area is 121 Å². The van der Waals surface area contributed by atoms with Crippen LogP contribution in [0.1, 0.15) is 24.8 Å². The van der Waals surface area contributed by atoms with Crippen molar-refractivity contribution in [1.82, 2.24) is 10.2 Å². The number of imide groups is 1. The van der Waals surface area contributed by atoms with Crippen LogP contribution >= 0.6 is 11.6 Å². The molecule has 1 aromatic carbocycles. The third-order valence-corrected chi connectivity index (χ3v) is 3.37. The van der Waals surface area contributed by atoms with Gasteiger partial charge in [-0.3, -0.25) is 19.3 Å². The van der Waals surface area contributed by atoms with E-state index in [2.05, 4.69) is 5.32 Å². The van der Waals surface area contributed by atoms with Gasteiger partial charge in [-0.25, -0.2) is 0 Å². The lowest BCUT2D eigenvalue weighted by Crippen LogP contribution is -2.34. The van der Waals surface area contributed by atoms with Gasteiger partial charge in [0.1, 0.15) is 0 Å². The molecule has 2 rings (SSSR count). The smallest absolute Gasteiger partial charge is 0.229 e. The highest BCUT2D eigenvalue weighted by Gasteiger charge is 2.28. The molecule has 0 spiro atoms. The molecule has 0 unspecified atom stereocenters. The van der Waals surface area contributed by atoms with Crippen LogP contribution in [0.3, 0.4) is 0 Å². The van der Waals surface area contributed by atoms with E-state index in [0.29, 0.717) is 11.6 Å². The first kappa shape index (κ1) is 14.5. The molecule has 1 aromatic rings. The number of hydrogen-bond donors (Lipinski definition) is 1. The van der Waals surface area contributed by atoms with Gasteiger partial charge in [0.2, 0.25) is 17.7 Å². The van der Waals surface area contributed by atoms with Crippen molar-refractivity contribution in [2.75, 3.05) is 6.54 Å². The number of carbonyl (C=O) groups excluding carboxylic acids is 3. The monoisotopic (exact) mass is 294 g/mol. The van der Waals surface area contributed by atoms with E-state index in [4.69, 9.17) is 11.6 Å². The zero-order valence-corrected chi connectivity index (χ0v) is 11.7. The van der Waals surface area contributed by atoms with Gasteiger partial charge in [0.25, 0.3) is 0 Å². The standard InChI is InChI=1S/C14H15ClN2O3/c15-11-3-1-10(2-4-11)9-16-12(18)7-8-17-13(19)5-6-14(17)20/h1-4H,5-9H2,(H,16,18). The van der Waals surface area contributed by atoms with Gasteiger partial charge in [-0.15, -0.1) is 0 Å². The second-order valence-corrected chi connectivity index (χ2v) is 5.03. The lowest BCUT2D eigenvalue weighted by atomic mass is 10.2. The molecule has 1 aliphatic heterocycles. The third-order valence-electron chi connectivity index (χ3n) is 3.12. The van der Waals surface area contributed by atoms with Gasteiger partial charge < -0.3 is 5.32 Å². The molecule has 106 valence electrons. The number of likely N-dealkylation sites (tertiary alicyclic amines) is 1. The summed E-state index contributed by atoms with van der Waals surface area (Å²) in [6.45, 7) is 0.558. The predicted octanol–water partition coefficient (Wildman–Crippen LogP) is 1.50. The third kappa shape index (κ3) is 3.81. The number of halogens is 1. The number of amides is 3. The fourth-order valence-corrected chi connectivity index (χ4v) is 2.10. The molecule has 0 aliphatic carbocycles. The first-order valence-electron chi connectivity index (χ1n) is 6.40. The van der Waals surface area contributed by atoms with Crippen LogP contribution in [0, 0.1) is 0 Å². The van der Waals surface area contributed by atoms with E-state index in [1.165, 1.54) is 0 Å². The molecule has 20 heavy (non-hydrogen) atoms. The quantitative estimate of drug-likeness (QED) is 0.837. The Morgan fingerprint density at radius 2 is 1.75 bits per heavy atom. The topological polar surface area (TPSA) is 66.5 Å². The molecule has 1 heterocycles. The van der Waals surface area contributed by atoms with Gasteiger partial charge in [0, 0.05) is 37.4 Å². The molecule has 6 heteroatoms. The maximum absolute atomic E-state index is 11.7. The van der Waals surface area contributed by atoms with Crippen molar-refractivity contribution in [2.24, 2.45) is 0 Å². The summed E-state index contributed by atoms with van der Waals surface area (Å²) in [4.78, 5) is 35.6. The van der Waals surface area contributed by atoms with Crippen LogP contribution < -0.4 is 5.32 Å². The van der Waals surface area contributed by atoms with E-state index in [-0.39, 0.29) is 43.5 Å². The van der Waals surface area contributed by atoms with Crippen molar-refractivity contribution in [3.63, 3.8) is 0 Å². The van der Waals surface area contributed by atoms with Crippen molar-refractivity contribution in [3.05, 3.63) is 34.9 Å². The highest BCUT2D eigenvalue weighted by molar-refractivity contribution is 6.30. The Balaban J connectivity index is 1.74. The van der Waals surface area contributed by atoms with Gasteiger partial charge in [-0.2, -0.15) is 0 Å². The minimum absolute atomic E-state index is 0.130. The molecule has 0 atom stereocenters. The summed E-state index contributed by atoms with van der Waals surface area (Å²) in [6.07, 6.45) is 0.640. The van der Waals surface area contributed by atoms with E-state index in [0.717, 1.165) is 10.5 Å². The first-order valence-corrected chi connectivity index (χ1v) is 6.78. The van der Waals surface area contributed by atoms with Crippen LogP contribution in [-0.2, 0) is 20.9 Å². The summed E-state index contributed by atoms with van der Waals surface area (Å²) in [6, 6.07) is 7.17. The molecule has 0 saturated carbocycles. The SMILES string of the molecule is O=C(CCN1C(=O)CCC1=O)NCc1ccc(Cl)cc1.